The van der Waals surface area contributed by atoms with Crippen LogP contribution in [0.15, 0.2) is 54.6 Å². The molecule has 0 amide bonds. The molecule has 0 unspecified atom stereocenters. The van der Waals surface area contributed by atoms with Crippen molar-refractivity contribution < 1.29 is 0 Å². The Morgan fingerprint density at radius 3 is 2.30 bits per heavy atom. The van der Waals surface area contributed by atoms with Gasteiger partial charge in [-0.25, -0.2) is 0 Å². The van der Waals surface area contributed by atoms with Crippen LogP contribution in [0.1, 0.15) is 24.0 Å². The van der Waals surface area contributed by atoms with E-state index in [1.54, 1.807) is 0 Å². The second kappa shape index (κ2) is 7.11. The molecule has 0 radical (unpaired) electrons. The van der Waals surface area contributed by atoms with E-state index in [4.69, 9.17) is 5.73 Å². The summed E-state index contributed by atoms with van der Waals surface area (Å²) in [6, 6.07) is 18.9. The lowest BCUT2D eigenvalue weighted by molar-refractivity contribution is 0.321. The number of likely N-dealkylation sites (N-methyl/N-ethyl adjacent to an activating group) is 1. The number of nitrogen functional groups attached to an aromatic ring is 1. The Balaban J connectivity index is 1.80. The van der Waals surface area contributed by atoms with Gasteiger partial charge in [0.15, 0.2) is 0 Å². The van der Waals surface area contributed by atoms with Crippen molar-refractivity contribution in [3.63, 3.8) is 0 Å². The van der Waals surface area contributed by atoms with Crippen LogP contribution in [0, 0.1) is 0 Å². The zero-order chi connectivity index (χ0) is 14.4. The van der Waals surface area contributed by atoms with E-state index >= 15 is 0 Å². The predicted molar refractivity (Wildman–Crippen MR) is 86.9 cm³/mol. The Morgan fingerprint density at radius 1 is 1.00 bits per heavy atom. The molecule has 2 N–H and O–H groups in total. The molecule has 0 aliphatic carbocycles. The lowest BCUT2D eigenvalue weighted by Gasteiger charge is -2.21. The van der Waals surface area contributed by atoms with E-state index in [2.05, 4.69) is 61.3 Å². The fourth-order valence-electron chi connectivity index (χ4n) is 2.45. The maximum absolute atomic E-state index is 5.70. The SMILES string of the molecule is C[C@@H](CN(C)CCc1ccc(N)cc1)c1ccccc1. The highest BCUT2D eigenvalue weighted by Gasteiger charge is 2.08. The van der Waals surface area contributed by atoms with Crippen LogP contribution < -0.4 is 5.73 Å². The fourth-order valence-corrected chi connectivity index (χ4v) is 2.45. The highest BCUT2D eigenvalue weighted by molar-refractivity contribution is 5.39. The second-order valence-electron chi connectivity index (χ2n) is 5.57. The molecule has 0 bridgehead atoms. The van der Waals surface area contributed by atoms with E-state index in [1.807, 2.05) is 12.1 Å². The normalized spacial score (nSPS) is 12.6. The van der Waals surface area contributed by atoms with E-state index in [0.29, 0.717) is 5.92 Å². The van der Waals surface area contributed by atoms with Gasteiger partial charge in [0, 0.05) is 18.8 Å². The molecule has 0 fully saturated rings. The predicted octanol–water partition coefficient (Wildman–Crippen LogP) is 3.55. The zero-order valence-corrected chi connectivity index (χ0v) is 12.4. The van der Waals surface area contributed by atoms with Gasteiger partial charge in [0.05, 0.1) is 0 Å². The van der Waals surface area contributed by atoms with E-state index in [9.17, 15) is 0 Å². The van der Waals surface area contributed by atoms with Crippen LogP contribution in [0.25, 0.3) is 0 Å². The molecule has 106 valence electrons. The number of hydrogen-bond donors (Lipinski definition) is 1. The molecule has 2 rings (SSSR count). The largest absolute Gasteiger partial charge is 0.399 e. The summed E-state index contributed by atoms with van der Waals surface area (Å²) >= 11 is 0. The first-order valence-electron chi connectivity index (χ1n) is 7.23. The minimum absolute atomic E-state index is 0.563. The van der Waals surface area contributed by atoms with E-state index < -0.39 is 0 Å². The van der Waals surface area contributed by atoms with Crippen molar-refractivity contribution in [3.8, 4) is 0 Å². The van der Waals surface area contributed by atoms with Gasteiger partial charge >= 0.3 is 0 Å². The summed E-state index contributed by atoms with van der Waals surface area (Å²) in [6.07, 6.45) is 1.07. The van der Waals surface area contributed by atoms with Crippen molar-refractivity contribution in [2.24, 2.45) is 0 Å². The summed E-state index contributed by atoms with van der Waals surface area (Å²) in [4.78, 5) is 2.40. The number of rotatable bonds is 6. The van der Waals surface area contributed by atoms with E-state index in [0.717, 1.165) is 25.2 Å². The van der Waals surface area contributed by atoms with Crippen LogP contribution in [0.4, 0.5) is 5.69 Å². The molecule has 1 atom stereocenters. The maximum atomic E-state index is 5.70. The number of nitrogens with two attached hydrogens (primary N) is 1. The summed E-state index contributed by atoms with van der Waals surface area (Å²) in [5, 5.41) is 0. The van der Waals surface area contributed by atoms with Crippen molar-refractivity contribution >= 4 is 5.69 Å². The monoisotopic (exact) mass is 268 g/mol. The highest BCUT2D eigenvalue weighted by Crippen LogP contribution is 2.15. The molecule has 2 aromatic carbocycles. The van der Waals surface area contributed by atoms with E-state index in [1.165, 1.54) is 11.1 Å². The van der Waals surface area contributed by atoms with Crippen LogP contribution in [-0.4, -0.2) is 25.0 Å². The molecule has 0 aliphatic rings. The third-order valence-corrected chi connectivity index (χ3v) is 3.72. The van der Waals surface area contributed by atoms with Gasteiger partial charge in [-0.15, -0.1) is 0 Å². The first kappa shape index (κ1) is 14.6. The van der Waals surface area contributed by atoms with Crippen LogP contribution in [-0.2, 0) is 6.42 Å². The topological polar surface area (TPSA) is 29.3 Å². The number of nitrogens with zero attached hydrogens (tertiary/aromatic N) is 1. The Labute approximate surface area is 122 Å². The van der Waals surface area contributed by atoms with Gasteiger partial charge in [-0.3, -0.25) is 0 Å². The van der Waals surface area contributed by atoms with E-state index in [-0.39, 0.29) is 0 Å². The molecule has 20 heavy (non-hydrogen) atoms. The molecule has 0 saturated carbocycles. The molecule has 2 nitrogen and oxygen atoms in total. The summed E-state index contributed by atoms with van der Waals surface area (Å²) in [6.45, 7) is 4.44. The molecule has 0 spiro atoms. The third kappa shape index (κ3) is 4.39. The molecular formula is C18H24N2. The average molecular weight is 268 g/mol. The molecule has 0 saturated heterocycles. The van der Waals surface area contributed by atoms with Crippen molar-refractivity contribution in [2.45, 2.75) is 19.3 Å². The van der Waals surface area contributed by atoms with Gasteiger partial charge in [0.2, 0.25) is 0 Å². The highest BCUT2D eigenvalue weighted by atomic mass is 15.1. The van der Waals surface area contributed by atoms with Gasteiger partial charge in [0.25, 0.3) is 0 Å². The summed E-state index contributed by atoms with van der Waals surface area (Å²) < 4.78 is 0. The van der Waals surface area contributed by atoms with Crippen LogP contribution in [0.5, 0.6) is 0 Å². The molecule has 0 aromatic heterocycles. The fraction of sp³-hybridized carbons (Fsp3) is 0.333. The van der Waals surface area contributed by atoms with Gasteiger partial charge < -0.3 is 10.6 Å². The minimum Gasteiger partial charge on any atom is -0.399 e. The third-order valence-electron chi connectivity index (χ3n) is 3.72. The second-order valence-corrected chi connectivity index (χ2v) is 5.57. The van der Waals surface area contributed by atoms with Gasteiger partial charge in [-0.2, -0.15) is 0 Å². The molecule has 2 aromatic rings. The lowest BCUT2D eigenvalue weighted by Crippen LogP contribution is -2.25. The van der Waals surface area contributed by atoms with Gasteiger partial charge in [0.1, 0.15) is 0 Å². The van der Waals surface area contributed by atoms with Crippen molar-refractivity contribution in [3.05, 3.63) is 65.7 Å². The Bertz CT molecular complexity index is 505. The molecular weight excluding hydrogens is 244 g/mol. The van der Waals surface area contributed by atoms with Gasteiger partial charge in [-0.05, 0) is 42.6 Å². The first-order valence-corrected chi connectivity index (χ1v) is 7.23. The quantitative estimate of drug-likeness (QED) is 0.812. The van der Waals surface area contributed by atoms with Gasteiger partial charge in [-0.1, -0.05) is 49.4 Å². The van der Waals surface area contributed by atoms with Crippen molar-refractivity contribution in [1.82, 2.24) is 4.90 Å². The minimum atomic E-state index is 0.563. The average Bonchev–Trinajstić information content (AvgIpc) is 2.47. The zero-order valence-electron chi connectivity index (χ0n) is 12.4. The Kier molecular flexibility index (Phi) is 5.19. The maximum Gasteiger partial charge on any atom is 0.0314 e. The molecule has 0 aliphatic heterocycles. The van der Waals surface area contributed by atoms with Crippen LogP contribution >= 0.6 is 0 Å². The first-order chi connectivity index (χ1) is 9.65. The van der Waals surface area contributed by atoms with Crippen LogP contribution in [0.2, 0.25) is 0 Å². The van der Waals surface area contributed by atoms with Crippen LogP contribution in [0.3, 0.4) is 0 Å². The molecule has 0 heterocycles. The summed E-state index contributed by atoms with van der Waals surface area (Å²) in [7, 11) is 2.19. The number of anilines is 1. The van der Waals surface area contributed by atoms with Crippen molar-refractivity contribution in [2.75, 3.05) is 25.9 Å². The van der Waals surface area contributed by atoms with Crippen molar-refractivity contribution in [1.29, 1.82) is 0 Å². The Hall–Kier alpha value is -1.80. The Morgan fingerprint density at radius 2 is 1.65 bits per heavy atom. The summed E-state index contributed by atoms with van der Waals surface area (Å²) in [5.74, 6) is 0.563. The standard InChI is InChI=1S/C18H24N2/c1-15(17-6-4-3-5-7-17)14-20(2)13-12-16-8-10-18(19)11-9-16/h3-11,15H,12-14,19H2,1-2H3/t15-/m0/s1. The number of hydrogen-bond acceptors (Lipinski definition) is 2. The molecule has 2 heteroatoms. The lowest BCUT2D eigenvalue weighted by atomic mass is 10.0. The number of benzene rings is 2. The summed E-state index contributed by atoms with van der Waals surface area (Å²) in [5.41, 5.74) is 9.29. The smallest absolute Gasteiger partial charge is 0.0314 e.